The van der Waals surface area contributed by atoms with Crippen LogP contribution in [0, 0.1) is 6.92 Å². The number of anilines is 1. The predicted octanol–water partition coefficient (Wildman–Crippen LogP) is 5.33. The molecule has 35 heavy (non-hydrogen) atoms. The highest BCUT2D eigenvalue weighted by molar-refractivity contribution is 8.00. The van der Waals surface area contributed by atoms with Crippen molar-refractivity contribution in [2.75, 3.05) is 30.3 Å². The third kappa shape index (κ3) is 4.54. The number of carbonyl (C=O) groups is 2. The van der Waals surface area contributed by atoms with E-state index in [2.05, 4.69) is 51.3 Å². The van der Waals surface area contributed by atoms with Crippen molar-refractivity contribution in [2.45, 2.75) is 51.2 Å². The molecule has 2 aliphatic heterocycles. The lowest BCUT2D eigenvalue weighted by atomic mass is 9.88. The van der Waals surface area contributed by atoms with Gasteiger partial charge in [-0.15, -0.1) is 23.1 Å². The van der Waals surface area contributed by atoms with Gasteiger partial charge < -0.3 is 4.90 Å². The lowest BCUT2D eigenvalue weighted by molar-refractivity contribution is -0.130. The van der Waals surface area contributed by atoms with Gasteiger partial charge in [-0.1, -0.05) is 45.0 Å². The van der Waals surface area contributed by atoms with E-state index in [1.807, 2.05) is 27.8 Å². The van der Waals surface area contributed by atoms with Crippen LogP contribution in [0.2, 0.25) is 0 Å². The van der Waals surface area contributed by atoms with Gasteiger partial charge in [0.05, 0.1) is 22.4 Å². The molecule has 1 fully saturated rings. The van der Waals surface area contributed by atoms with Gasteiger partial charge in [-0.2, -0.15) is 5.10 Å². The van der Waals surface area contributed by atoms with E-state index < -0.39 is 0 Å². The van der Waals surface area contributed by atoms with Crippen molar-refractivity contribution >= 4 is 40.7 Å². The van der Waals surface area contributed by atoms with Crippen molar-refractivity contribution in [1.82, 2.24) is 14.7 Å². The Morgan fingerprint density at radius 1 is 1.11 bits per heavy atom. The number of hydrogen-bond donors (Lipinski definition) is 0. The minimum absolute atomic E-state index is 0.0104. The molecule has 4 heterocycles. The molecule has 3 aromatic rings. The molecule has 0 aliphatic carbocycles. The van der Waals surface area contributed by atoms with Gasteiger partial charge in [0.2, 0.25) is 11.8 Å². The first-order valence-corrected chi connectivity index (χ1v) is 14.1. The number of rotatable bonds is 4. The summed E-state index contributed by atoms with van der Waals surface area (Å²) in [6, 6.07) is 12.3. The smallest absolute Gasteiger partial charge is 0.242 e. The zero-order valence-corrected chi connectivity index (χ0v) is 22.4. The Labute approximate surface area is 215 Å². The Kier molecular flexibility index (Phi) is 6.53. The largest absolute Gasteiger partial charge is 0.341 e. The second-order valence-electron chi connectivity index (χ2n) is 10.3. The van der Waals surface area contributed by atoms with Crippen LogP contribution in [0.1, 0.15) is 60.6 Å². The van der Waals surface area contributed by atoms with Gasteiger partial charge in [-0.05, 0) is 42.8 Å². The normalized spacial score (nSPS) is 18.6. The Hall–Kier alpha value is -2.58. The molecular formula is C27H32N4O2S2. The van der Waals surface area contributed by atoms with Gasteiger partial charge in [0.15, 0.2) is 0 Å². The van der Waals surface area contributed by atoms with E-state index in [1.54, 1.807) is 28.0 Å². The lowest BCUT2D eigenvalue weighted by Crippen LogP contribution is -2.43. The molecular weight excluding hydrogens is 476 g/mol. The van der Waals surface area contributed by atoms with Gasteiger partial charge in [-0.25, -0.2) is 4.68 Å². The van der Waals surface area contributed by atoms with Crippen molar-refractivity contribution < 1.29 is 9.59 Å². The van der Waals surface area contributed by atoms with Crippen molar-refractivity contribution in [3.63, 3.8) is 0 Å². The van der Waals surface area contributed by atoms with Gasteiger partial charge in [0, 0.05) is 28.9 Å². The van der Waals surface area contributed by atoms with E-state index in [-0.39, 0.29) is 29.0 Å². The summed E-state index contributed by atoms with van der Waals surface area (Å²) >= 11 is 3.34. The second kappa shape index (κ2) is 9.47. The van der Waals surface area contributed by atoms with Crippen molar-refractivity contribution in [3.05, 3.63) is 63.5 Å². The van der Waals surface area contributed by atoms with E-state index >= 15 is 0 Å². The average Bonchev–Trinajstić information content (AvgIpc) is 3.57. The highest BCUT2D eigenvalue weighted by Gasteiger charge is 2.40. The summed E-state index contributed by atoms with van der Waals surface area (Å²) < 4.78 is 1.92. The van der Waals surface area contributed by atoms with Crippen molar-refractivity contribution in [1.29, 1.82) is 0 Å². The highest BCUT2D eigenvalue weighted by Crippen LogP contribution is 2.49. The Morgan fingerprint density at radius 3 is 2.51 bits per heavy atom. The first-order chi connectivity index (χ1) is 16.8. The molecule has 0 saturated carbocycles. The number of carbonyl (C=O) groups excluding carboxylic acids is 2. The Bertz CT molecular complexity index is 1240. The molecule has 2 amide bonds. The summed E-state index contributed by atoms with van der Waals surface area (Å²) in [6.45, 7) is 10.1. The average molecular weight is 509 g/mol. The molecule has 1 atom stereocenters. The van der Waals surface area contributed by atoms with Crippen LogP contribution < -0.4 is 4.90 Å². The third-order valence-corrected chi connectivity index (χ3v) is 9.02. The fourth-order valence-corrected chi connectivity index (χ4v) is 7.08. The number of thiophene rings is 1. The van der Waals surface area contributed by atoms with Crippen LogP contribution in [-0.2, 0) is 15.0 Å². The number of aryl methyl sites for hydroxylation is 1. The zero-order valence-electron chi connectivity index (χ0n) is 20.8. The van der Waals surface area contributed by atoms with Crippen LogP contribution in [0.15, 0.2) is 41.8 Å². The monoisotopic (exact) mass is 508 g/mol. The van der Waals surface area contributed by atoms with Gasteiger partial charge in [-0.3, -0.25) is 14.5 Å². The minimum Gasteiger partial charge on any atom is -0.341 e. The maximum absolute atomic E-state index is 13.7. The molecule has 0 spiro atoms. The summed E-state index contributed by atoms with van der Waals surface area (Å²) in [4.78, 5) is 31.8. The summed E-state index contributed by atoms with van der Waals surface area (Å²) in [5, 5.41) is 7.24. The molecule has 1 aromatic carbocycles. The summed E-state index contributed by atoms with van der Waals surface area (Å²) in [7, 11) is 0. The maximum Gasteiger partial charge on any atom is 0.242 e. The van der Waals surface area contributed by atoms with Crippen LogP contribution in [-0.4, -0.2) is 51.9 Å². The molecule has 0 bridgehead atoms. The lowest BCUT2D eigenvalue weighted by Gasteiger charge is -2.26. The number of amides is 2. The SMILES string of the molecule is Cc1ccccc1-n1nc(C(C)(C)C)c2c1N(CC(=O)N1CCCC1)C(=O)CS[C@@H]2c1cccs1. The Morgan fingerprint density at radius 2 is 1.86 bits per heavy atom. The summed E-state index contributed by atoms with van der Waals surface area (Å²) in [5.41, 5.74) is 3.78. The molecule has 0 N–H and O–H groups in total. The van der Waals surface area contributed by atoms with Crippen LogP contribution in [0.25, 0.3) is 5.69 Å². The molecule has 2 aromatic heterocycles. The zero-order chi connectivity index (χ0) is 24.7. The number of nitrogens with zero attached hydrogens (tertiary/aromatic N) is 4. The van der Waals surface area contributed by atoms with Gasteiger partial charge in [0.1, 0.15) is 12.4 Å². The summed E-state index contributed by atoms with van der Waals surface area (Å²) in [5.74, 6) is 1.03. The highest BCUT2D eigenvalue weighted by atomic mass is 32.2. The van der Waals surface area contributed by atoms with Crippen molar-refractivity contribution in [3.8, 4) is 5.69 Å². The van der Waals surface area contributed by atoms with E-state index in [9.17, 15) is 9.59 Å². The van der Waals surface area contributed by atoms with Crippen molar-refractivity contribution in [2.24, 2.45) is 0 Å². The standard InChI is InChI=1S/C27H32N4O2S2/c1-18-10-5-6-11-19(18)31-26-23(25(28-31)27(2,3)4)24(20-12-9-15-34-20)35-17-22(33)30(26)16-21(32)29-13-7-8-14-29/h5-6,9-12,15,24H,7-8,13-14,16-17H2,1-4H3/t24-/m1/s1. The summed E-state index contributed by atoms with van der Waals surface area (Å²) in [6.07, 6.45) is 2.05. The van der Waals surface area contributed by atoms with Crippen LogP contribution in [0.5, 0.6) is 0 Å². The van der Waals surface area contributed by atoms with Crippen LogP contribution >= 0.6 is 23.1 Å². The molecule has 2 aliphatic rings. The maximum atomic E-state index is 13.7. The first kappa shape index (κ1) is 24.1. The fraction of sp³-hybridized carbons (Fsp3) is 0.444. The van der Waals surface area contributed by atoms with E-state index in [0.717, 1.165) is 54.3 Å². The third-order valence-electron chi connectivity index (χ3n) is 6.70. The number of aromatic nitrogens is 2. The van der Waals surface area contributed by atoms with E-state index in [4.69, 9.17) is 5.10 Å². The number of hydrogen-bond acceptors (Lipinski definition) is 5. The molecule has 0 radical (unpaired) electrons. The number of benzene rings is 1. The van der Waals surface area contributed by atoms with Crippen LogP contribution in [0.4, 0.5) is 5.82 Å². The second-order valence-corrected chi connectivity index (χ2v) is 12.4. The topological polar surface area (TPSA) is 58.4 Å². The molecule has 0 unspecified atom stereocenters. The molecule has 6 nitrogen and oxygen atoms in total. The predicted molar refractivity (Wildman–Crippen MR) is 144 cm³/mol. The minimum atomic E-state index is -0.244. The van der Waals surface area contributed by atoms with Gasteiger partial charge >= 0.3 is 0 Å². The fourth-order valence-electron chi connectivity index (χ4n) is 4.91. The van der Waals surface area contributed by atoms with E-state index in [1.165, 1.54) is 4.88 Å². The van der Waals surface area contributed by atoms with Crippen LogP contribution in [0.3, 0.4) is 0 Å². The number of fused-ring (bicyclic) bond motifs is 1. The first-order valence-electron chi connectivity index (χ1n) is 12.2. The van der Waals surface area contributed by atoms with E-state index in [0.29, 0.717) is 5.75 Å². The number of thioether (sulfide) groups is 1. The number of likely N-dealkylation sites (tertiary alicyclic amines) is 1. The molecule has 5 rings (SSSR count). The molecule has 8 heteroatoms. The Balaban J connectivity index is 1.75. The quantitative estimate of drug-likeness (QED) is 0.478. The molecule has 184 valence electrons. The van der Waals surface area contributed by atoms with Gasteiger partial charge in [0.25, 0.3) is 0 Å². The number of para-hydroxylation sites is 1. The molecule has 1 saturated heterocycles.